The molecule has 96 valence electrons. The van der Waals surface area contributed by atoms with Crippen LogP contribution in [-0.4, -0.2) is 16.5 Å². The lowest BCUT2D eigenvalue weighted by molar-refractivity contribution is -0.137. The number of alkyl halides is 3. The molecule has 0 fully saturated rings. The molecule has 0 saturated carbocycles. The molecular weight excluding hydrogens is 247 g/mol. The minimum absolute atomic E-state index is 0.0250. The summed E-state index contributed by atoms with van der Waals surface area (Å²) in [5, 5.41) is 0.128. The molecule has 0 unspecified atom stereocenters. The summed E-state index contributed by atoms with van der Waals surface area (Å²) in [6.45, 7) is 0.257. The second kappa shape index (κ2) is 4.41. The van der Waals surface area contributed by atoms with Crippen molar-refractivity contribution in [2.75, 3.05) is 6.54 Å². The Bertz CT molecular complexity index is 633. The number of fused-ring (bicyclic) bond motifs is 1. The smallest absolute Gasteiger partial charge is 0.330 e. The van der Waals surface area contributed by atoms with E-state index in [4.69, 9.17) is 5.73 Å². The van der Waals surface area contributed by atoms with E-state index in [1.54, 1.807) is 0 Å². The van der Waals surface area contributed by atoms with Crippen molar-refractivity contribution in [2.24, 2.45) is 5.73 Å². The van der Waals surface area contributed by atoms with E-state index < -0.39 is 17.3 Å². The molecule has 0 spiro atoms. The summed E-state index contributed by atoms with van der Waals surface area (Å²) in [5.74, 6) is 0.286. The Morgan fingerprint density at radius 2 is 2.06 bits per heavy atom. The van der Waals surface area contributed by atoms with E-state index in [0.29, 0.717) is 6.42 Å². The number of nitrogens with zero attached hydrogens (tertiary/aromatic N) is 1. The zero-order valence-corrected chi connectivity index (χ0v) is 9.21. The van der Waals surface area contributed by atoms with Crippen LogP contribution < -0.4 is 11.3 Å². The molecule has 0 radical (unpaired) electrons. The Balaban J connectivity index is 2.64. The van der Waals surface area contributed by atoms with Gasteiger partial charge in [-0.15, -0.1) is 0 Å². The Labute approximate surface area is 99.6 Å². The van der Waals surface area contributed by atoms with Gasteiger partial charge in [-0.2, -0.15) is 13.2 Å². The van der Waals surface area contributed by atoms with Gasteiger partial charge in [-0.05, 0) is 24.7 Å². The molecule has 4 nitrogen and oxygen atoms in total. The Kier molecular flexibility index (Phi) is 3.08. The van der Waals surface area contributed by atoms with Gasteiger partial charge in [0.25, 0.3) is 5.56 Å². The van der Waals surface area contributed by atoms with Crippen LogP contribution in [0.1, 0.15) is 11.4 Å². The molecule has 7 heteroatoms. The van der Waals surface area contributed by atoms with Crippen molar-refractivity contribution in [3.8, 4) is 0 Å². The predicted octanol–water partition coefficient (Wildman–Crippen LogP) is 1.44. The summed E-state index contributed by atoms with van der Waals surface area (Å²) in [6.07, 6.45) is -4.14. The van der Waals surface area contributed by atoms with Crippen molar-refractivity contribution in [3.63, 3.8) is 0 Å². The molecular formula is C11H10F3N3O. The average molecular weight is 257 g/mol. The molecule has 2 rings (SSSR count). The fourth-order valence-corrected chi connectivity index (χ4v) is 1.62. The summed E-state index contributed by atoms with van der Waals surface area (Å²) >= 11 is 0. The second-order valence-electron chi connectivity index (χ2n) is 3.78. The molecule has 0 amide bonds. The second-order valence-corrected chi connectivity index (χ2v) is 3.78. The quantitative estimate of drug-likeness (QED) is 0.855. The van der Waals surface area contributed by atoms with Crippen LogP contribution in [0.5, 0.6) is 0 Å². The molecule has 18 heavy (non-hydrogen) atoms. The number of rotatable bonds is 2. The highest BCUT2D eigenvalue weighted by Gasteiger charge is 2.30. The number of benzene rings is 1. The van der Waals surface area contributed by atoms with Gasteiger partial charge in [-0.3, -0.25) is 4.79 Å². The summed E-state index contributed by atoms with van der Waals surface area (Å²) in [7, 11) is 0. The van der Waals surface area contributed by atoms with E-state index >= 15 is 0 Å². The highest BCUT2D eigenvalue weighted by Crippen LogP contribution is 2.30. The summed E-state index contributed by atoms with van der Waals surface area (Å²) in [5.41, 5.74) is 4.05. The maximum absolute atomic E-state index is 12.5. The first kappa shape index (κ1) is 12.6. The lowest BCUT2D eigenvalue weighted by atomic mass is 10.1. The Morgan fingerprint density at radius 3 is 2.67 bits per heavy atom. The highest BCUT2D eigenvalue weighted by molar-refractivity contribution is 5.78. The number of aromatic amines is 1. The van der Waals surface area contributed by atoms with Crippen molar-refractivity contribution in [1.82, 2.24) is 9.97 Å². The average Bonchev–Trinajstić information content (AvgIpc) is 2.27. The molecule has 0 aliphatic rings. The van der Waals surface area contributed by atoms with Crippen molar-refractivity contribution in [2.45, 2.75) is 12.6 Å². The molecule has 1 aromatic carbocycles. The van der Waals surface area contributed by atoms with E-state index in [2.05, 4.69) is 9.97 Å². The molecule has 0 aliphatic carbocycles. The summed E-state index contributed by atoms with van der Waals surface area (Å²) in [4.78, 5) is 18.1. The van der Waals surface area contributed by atoms with Gasteiger partial charge in [0.1, 0.15) is 5.82 Å². The normalized spacial score (nSPS) is 12.0. The largest absolute Gasteiger partial charge is 0.416 e. The van der Waals surface area contributed by atoms with Crippen LogP contribution in [0, 0.1) is 0 Å². The minimum Gasteiger partial charge on any atom is -0.330 e. The number of nitrogens with one attached hydrogen (secondary N) is 1. The lowest BCUT2D eigenvalue weighted by Crippen LogP contribution is -2.15. The number of hydrogen-bond donors (Lipinski definition) is 2. The van der Waals surface area contributed by atoms with Gasteiger partial charge >= 0.3 is 6.18 Å². The third-order valence-corrected chi connectivity index (χ3v) is 2.46. The molecule has 2 aromatic rings. The van der Waals surface area contributed by atoms with E-state index in [-0.39, 0.29) is 23.3 Å². The van der Waals surface area contributed by atoms with E-state index in [1.807, 2.05) is 0 Å². The van der Waals surface area contributed by atoms with E-state index in [0.717, 1.165) is 18.2 Å². The molecule has 3 N–H and O–H groups in total. The van der Waals surface area contributed by atoms with Crippen molar-refractivity contribution in [1.29, 1.82) is 0 Å². The Morgan fingerprint density at radius 1 is 1.33 bits per heavy atom. The van der Waals surface area contributed by atoms with Crippen molar-refractivity contribution < 1.29 is 13.2 Å². The summed E-state index contributed by atoms with van der Waals surface area (Å²) in [6, 6.07) is 2.85. The SMILES string of the molecule is NCCc1nc2cc(C(F)(F)F)ccc2c(=O)[nH]1. The minimum atomic E-state index is -4.45. The van der Waals surface area contributed by atoms with Crippen molar-refractivity contribution >= 4 is 10.9 Å². The maximum Gasteiger partial charge on any atom is 0.416 e. The van der Waals surface area contributed by atoms with Gasteiger partial charge in [0.2, 0.25) is 0 Å². The Hall–Kier alpha value is -1.89. The number of H-pyrrole nitrogens is 1. The van der Waals surface area contributed by atoms with Gasteiger partial charge in [0, 0.05) is 6.42 Å². The fourth-order valence-electron chi connectivity index (χ4n) is 1.62. The summed E-state index contributed by atoms with van der Waals surface area (Å²) < 4.78 is 37.6. The lowest BCUT2D eigenvalue weighted by Gasteiger charge is -2.07. The third-order valence-electron chi connectivity index (χ3n) is 2.46. The zero-order valence-electron chi connectivity index (χ0n) is 9.21. The maximum atomic E-state index is 12.5. The van der Waals surface area contributed by atoms with Crippen LogP contribution in [0.25, 0.3) is 10.9 Å². The third kappa shape index (κ3) is 2.35. The molecule has 1 aromatic heterocycles. The van der Waals surface area contributed by atoms with Crippen LogP contribution in [0.2, 0.25) is 0 Å². The first-order valence-corrected chi connectivity index (χ1v) is 5.22. The standard InChI is InChI=1S/C11H10F3N3O/c12-11(13,14)6-1-2-7-8(5-6)16-9(3-4-15)17-10(7)18/h1-2,5H,3-4,15H2,(H,16,17,18). The first-order chi connectivity index (χ1) is 8.41. The molecule has 0 atom stereocenters. The van der Waals surface area contributed by atoms with E-state index in [9.17, 15) is 18.0 Å². The first-order valence-electron chi connectivity index (χ1n) is 5.22. The molecule has 1 heterocycles. The number of halogens is 3. The zero-order chi connectivity index (χ0) is 13.3. The fraction of sp³-hybridized carbons (Fsp3) is 0.273. The predicted molar refractivity (Wildman–Crippen MR) is 60.1 cm³/mol. The van der Waals surface area contributed by atoms with Crippen LogP contribution in [0.3, 0.4) is 0 Å². The van der Waals surface area contributed by atoms with E-state index in [1.165, 1.54) is 0 Å². The monoisotopic (exact) mass is 257 g/mol. The van der Waals surface area contributed by atoms with Gasteiger partial charge in [0.15, 0.2) is 0 Å². The molecule has 0 bridgehead atoms. The van der Waals surface area contributed by atoms with Gasteiger partial charge in [-0.1, -0.05) is 0 Å². The van der Waals surface area contributed by atoms with Crippen LogP contribution >= 0.6 is 0 Å². The van der Waals surface area contributed by atoms with Gasteiger partial charge < -0.3 is 10.7 Å². The number of hydrogen-bond acceptors (Lipinski definition) is 3. The molecule has 0 aliphatic heterocycles. The number of nitrogens with two attached hydrogens (primary N) is 1. The topological polar surface area (TPSA) is 71.8 Å². The number of aromatic nitrogens is 2. The van der Waals surface area contributed by atoms with Crippen molar-refractivity contribution in [3.05, 3.63) is 39.9 Å². The van der Waals surface area contributed by atoms with Crippen LogP contribution in [0.15, 0.2) is 23.0 Å². The van der Waals surface area contributed by atoms with Crippen LogP contribution in [-0.2, 0) is 12.6 Å². The highest BCUT2D eigenvalue weighted by atomic mass is 19.4. The molecule has 0 saturated heterocycles. The van der Waals surface area contributed by atoms with Gasteiger partial charge in [0.05, 0.1) is 16.5 Å². The van der Waals surface area contributed by atoms with Crippen LogP contribution in [0.4, 0.5) is 13.2 Å². The van der Waals surface area contributed by atoms with Gasteiger partial charge in [-0.25, -0.2) is 4.98 Å².